The van der Waals surface area contributed by atoms with E-state index in [2.05, 4.69) is 0 Å². The van der Waals surface area contributed by atoms with E-state index in [9.17, 15) is 9.59 Å². The molecule has 190 valence electrons. The van der Waals surface area contributed by atoms with Crippen molar-refractivity contribution in [3.63, 3.8) is 0 Å². The van der Waals surface area contributed by atoms with Crippen molar-refractivity contribution >= 4 is 23.5 Å². The van der Waals surface area contributed by atoms with Crippen molar-refractivity contribution in [2.24, 2.45) is 0 Å². The molecular formula is C28H29ClO7. The molecule has 0 spiro atoms. The molecule has 3 aromatic rings. The van der Waals surface area contributed by atoms with Crippen LogP contribution in [0.15, 0.2) is 42.5 Å². The van der Waals surface area contributed by atoms with Crippen LogP contribution in [0, 0.1) is 27.7 Å². The van der Waals surface area contributed by atoms with E-state index in [0.717, 1.165) is 5.56 Å². The Hall–Kier alpha value is -3.55. The molecule has 3 rings (SSSR count). The monoisotopic (exact) mass is 512 g/mol. The Morgan fingerprint density at radius 2 is 1.56 bits per heavy atom. The highest BCUT2D eigenvalue weighted by Crippen LogP contribution is 2.39. The maximum absolute atomic E-state index is 13.3. The lowest BCUT2D eigenvalue weighted by Gasteiger charge is -2.19. The van der Waals surface area contributed by atoms with Gasteiger partial charge in [-0.15, -0.1) is 0 Å². The molecule has 0 amide bonds. The molecule has 0 aliphatic carbocycles. The molecule has 0 aromatic heterocycles. The van der Waals surface area contributed by atoms with Crippen LogP contribution in [0.5, 0.6) is 17.2 Å². The molecule has 0 aliphatic heterocycles. The zero-order chi connectivity index (χ0) is 26.4. The molecule has 0 aliphatic rings. The maximum atomic E-state index is 13.3. The number of esters is 2. The van der Waals surface area contributed by atoms with E-state index >= 15 is 0 Å². The summed E-state index contributed by atoms with van der Waals surface area (Å²) in [6, 6.07) is 13.1. The van der Waals surface area contributed by atoms with Gasteiger partial charge < -0.3 is 23.7 Å². The molecule has 0 atom stereocenters. The molecule has 7 nitrogen and oxygen atoms in total. The van der Waals surface area contributed by atoms with Gasteiger partial charge in [0.05, 0.1) is 17.7 Å². The van der Waals surface area contributed by atoms with Crippen LogP contribution in [0.25, 0.3) is 0 Å². The summed E-state index contributed by atoms with van der Waals surface area (Å²) < 4.78 is 27.0. The first kappa shape index (κ1) is 27.0. The Labute approximate surface area is 215 Å². The molecule has 0 saturated carbocycles. The fourth-order valence-electron chi connectivity index (χ4n) is 3.81. The first-order valence-corrected chi connectivity index (χ1v) is 11.6. The van der Waals surface area contributed by atoms with Gasteiger partial charge in [-0.3, -0.25) is 0 Å². The average Bonchev–Trinajstić information content (AvgIpc) is 2.87. The first-order valence-electron chi connectivity index (χ1n) is 11.2. The van der Waals surface area contributed by atoms with Crippen molar-refractivity contribution in [3.05, 3.63) is 86.4 Å². The van der Waals surface area contributed by atoms with E-state index in [1.807, 2.05) is 30.3 Å². The van der Waals surface area contributed by atoms with Crippen molar-refractivity contribution < 1.29 is 33.3 Å². The van der Waals surface area contributed by atoms with Crippen molar-refractivity contribution in [2.45, 2.75) is 34.3 Å². The highest BCUT2D eigenvalue weighted by Gasteiger charge is 2.26. The second kappa shape index (κ2) is 11.9. The van der Waals surface area contributed by atoms with Crippen LogP contribution < -0.4 is 14.2 Å². The minimum Gasteiger partial charge on any atom is -0.496 e. The summed E-state index contributed by atoms with van der Waals surface area (Å²) in [6.07, 6.45) is 0. The smallest absolute Gasteiger partial charge is 0.347 e. The van der Waals surface area contributed by atoms with Gasteiger partial charge in [0.1, 0.15) is 23.7 Å². The molecule has 0 bridgehead atoms. The standard InChI is InChI=1S/C28H29ClO7/c1-16-12-21(34-14-20-10-8-7-9-11-20)13-22(33-6)23(16)28(31)36-26-18(3)17(2)24(19(4)25(26)29)27(30)35-15-32-5/h7-13H,14-15H2,1-6H3. The van der Waals surface area contributed by atoms with Crippen LogP contribution in [0.3, 0.4) is 0 Å². The lowest BCUT2D eigenvalue weighted by Crippen LogP contribution is -2.16. The number of halogens is 1. The van der Waals surface area contributed by atoms with Crippen LogP contribution in [0.2, 0.25) is 5.02 Å². The summed E-state index contributed by atoms with van der Waals surface area (Å²) in [6.45, 7) is 7.09. The molecule has 0 N–H and O–H groups in total. The minimum atomic E-state index is -0.641. The second-order valence-corrected chi connectivity index (χ2v) is 8.59. The van der Waals surface area contributed by atoms with Gasteiger partial charge in [-0.25, -0.2) is 9.59 Å². The van der Waals surface area contributed by atoms with Crippen LogP contribution in [0.1, 0.15) is 48.5 Å². The largest absolute Gasteiger partial charge is 0.496 e. The van der Waals surface area contributed by atoms with Gasteiger partial charge in [-0.1, -0.05) is 41.9 Å². The van der Waals surface area contributed by atoms with Crippen molar-refractivity contribution in [3.8, 4) is 17.2 Å². The van der Waals surface area contributed by atoms with Gasteiger partial charge in [-0.05, 0) is 61.6 Å². The summed E-state index contributed by atoms with van der Waals surface area (Å²) >= 11 is 6.56. The molecule has 0 radical (unpaired) electrons. The van der Waals surface area contributed by atoms with Crippen molar-refractivity contribution in [2.75, 3.05) is 21.0 Å². The fourth-order valence-corrected chi connectivity index (χ4v) is 4.08. The number of hydrogen-bond donors (Lipinski definition) is 0. The summed E-state index contributed by atoms with van der Waals surface area (Å²) in [5, 5.41) is 0.148. The maximum Gasteiger partial charge on any atom is 0.347 e. The lowest BCUT2D eigenvalue weighted by atomic mass is 9.97. The van der Waals surface area contributed by atoms with Crippen LogP contribution in [-0.4, -0.2) is 33.0 Å². The fraction of sp³-hybridized carbons (Fsp3) is 0.286. The van der Waals surface area contributed by atoms with Crippen LogP contribution >= 0.6 is 11.6 Å². The van der Waals surface area contributed by atoms with Crippen molar-refractivity contribution in [1.29, 1.82) is 0 Å². The number of ether oxygens (including phenoxy) is 5. The third-order valence-corrected chi connectivity index (χ3v) is 6.29. The Morgan fingerprint density at radius 3 is 2.19 bits per heavy atom. The summed E-state index contributed by atoms with van der Waals surface area (Å²) in [7, 11) is 2.89. The number of hydrogen-bond acceptors (Lipinski definition) is 7. The Balaban J connectivity index is 1.90. The highest BCUT2D eigenvalue weighted by molar-refractivity contribution is 6.33. The van der Waals surface area contributed by atoms with Crippen molar-refractivity contribution in [1.82, 2.24) is 0 Å². The Bertz CT molecular complexity index is 1240. The van der Waals surface area contributed by atoms with Gasteiger partial charge >= 0.3 is 11.9 Å². The summed E-state index contributed by atoms with van der Waals surface area (Å²) in [5.41, 5.74) is 3.77. The number of methoxy groups -OCH3 is 2. The molecule has 8 heteroatoms. The van der Waals surface area contributed by atoms with E-state index in [0.29, 0.717) is 45.9 Å². The number of rotatable bonds is 9. The third kappa shape index (κ3) is 5.80. The number of carbonyl (C=O) groups excluding carboxylic acids is 2. The molecule has 0 fully saturated rings. The Kier molecular flexibility index (Phi) is 8.96. The quantitative estimate of drug-likeness (QED) is 0.193. The summed E-state index contributed by atoms with van der Waals surface area (Å²) in [4.78, 5) is 25.8. The molecular weight excluding hydrogens is 484 g/mol. The second-order valence-electron chi connectivity index (χ2n) is 8.21. The molecule has 3 aromatic carbocycles. The van der Waals surface area contributed by atoms with Gasteiger partial charge in [0.15, 0.2) is 12.5 Å². The SMILES string of the molecule is COCOC(=O)c1c(C)c(C)c(OC(=O)c2c(C)cc(OCc3ccccc3)cc2OC)c(Cl)c1C. The predicted octanol–water partition coefficient (Wildman–Crippen LogP) is 6.14. The van der Waals surface area contributed by atoms with E-state index in [1.165, 1.54) is 14.2 Å². The predicted molar refractivity (Wildman–Crippen MR) is 136 cm³/mol. The zero-order valence-corrected chi connectivity index (χ0v) is 21.9. The first-order chi connectivity index (χ1) is 17.2. The number of benzene rings is 3. The van der Waals surface area contributed by atoms with E-state index in [4.69, 9.17) is 35.3 Å². The van der Waals surface area contributed by atoms with Crippen LogP contribution in [-0.2, 0) is 16.1 Å². The lowest BCUT2D eigenvalue weighted by molar-refractivity contribution is -0.0126. The van der Waals surface area contributed by atoms with E-state index in [-0.39, 0.29) is 23.1 Å². The van der Waals surface area contributed by atoms with E-state index < -0.39 is 11.9 Å². The summed E-state index contributed by atoms with van der Waals surface area (Å²) in [5.74, 6) is -0.170. The van der Waals surface area contributed by atoms with Gasteiger partial charge in [0.25, 0.3) is 0 Å². The third-order valence-electron chi connectivity index (χ3n) is 5.83. The van der Waals surface area contributed by atoms with E-state index in [1.54, 1.807) is 39.8 Å². The van der Waals surface area contributed by atoms with Crippen LogP contribution in [0.4, 0.5) is 0 Å². The van der Waals surface area contributed by atoms with Gasteiger partial charge in [-0.2, -0.15) is 0 Å². The minimum absolute atomic E-state index is 0.148. The highest BCUT2D eigenvalue weighted by atomic mass is 35.5. The zero-order valence-electron chi connectivity index (χ0n) is 21.2. The number of aryl methyl sites for hydroxylation is 1. The molecule has 0 heterocycles. The normalized spacial score (nSPS) is 10.6. The molecule has 36 heavy (non-hydrogen) atoms. The van der Waals surface area contributed by atoms with Gasteiger partial charge in [0.2, 0.25) is 0 Å². The Morgan fingerprint density at radius 1 is 0.861 bits per heavy atom. The van der Waals surface area contributed by atoms with Gasteiger partial charge in [0, 0.05) is 13.2 Å². The molecule has 0 unspecified atom stereocenters. The molecule has 0 saturated heterocycles. The average molecular weight is 513 g/mol. The number of carbonyl (C=O) groups is 2. The topological polar surface area (TPSA) is 80.3 Å².